The molecule has 2 fully saturated rings. The lowest BCUT2D eigenvalue weighted by Crippen LogP contribution is -2.50. The number of carbonyl (C=O) groups excluding carboxylic acids is 2. The second kappa shape index (κ2) is 7.99. The molecule has 0 radical (unpaired) electrons. The summed E-state index contributed by atoms with van der Waals surface area (Å²) in [5.74, 6) is -0.456. The summed E-state index contributed by atoms with van der Waals surface area (Å²) in [6.07, 6.45) is 0.282. The molecule has 1 aromatic rings. The fourth-order valence-electron chi connectivity index (χ4n) is 2.32. The Bertz CT molecular complexity index is 785. The summed E-state index contributed by atoms with van der Waals surface area (Å²) in [5.41, 5.74) is 0.0172. The number of amides is 1. The summed E-state index contributed by atoms with van der Waals surface area (Å²) in [5, 5.41) is 20.4. The summed E-state index contributed by atoms with van der Waals surface area (Å²) < 4.78 is 5.85. The van der Waals surface area contributed by atoms with E-state index in [1.54, 1.807) is 0 Å². The van der Waals surface area contributed by atoms with Crippen LogP contribution in [0.25, 0.3) is 0 Å². The molecule has 0 aromatic heterocycles. The summed E-state index contributed by atoms with van der Waals surface area (Å²) in [6.45, 7) is -0.0829. The molecule has 2 saturated heterocycles. The highest BCUT2D eigenvalue weighted by Gasteiger charge is 2.42. The van der Waals surface area contributed by atoms with Crippen LogP contribution < -0.4 is 0 Å². The Hall–Kier alpha value is -1.56. The summed E-state index contributed by atoms with van der Waals surface area (Å²) >= 11 is 5.75. The molecule has 1 N–H and O–H groups in total. The molecule has 0 spiro atoms. The van der Waals surface area contributed by atoms with Gasteiger partial charge in [-0.1, -0.05) is 27.7 Å². The van der Waals surface area contributed by atoms with Crippen molar-refractivity contribution in [1.82, 2.24) is 4.90 Å². The van der Waals surface area contributed by atoms with Crippen molar-refractivity contribution in [2.24, 2.45) is 0 Å². The van der Waals surface area contributed by atoms with Gasteiger partial charge in [0.25, 0.3) is 5.69 Å². The van der Waals surface area contributed by atoms with Crippen LogP contribution in [0.2, 0.25) is 0 Å². The van der Waals surface area contributed by atoms with Gasteiger partial charge in [-0.2, -0.15) is 0 Å². The van der Waals surface area contributed by atoms with Gasteiger partial charge in [0.15, 0.2) is 5.70 Å². The monoisotopic (exact) mass is 460 g/mol. The van der Waals surface area contributed by atoms with E-state index in [-0.39, 0.29) is 35.3 Å². The van der Waals surface area contributed by atoms with Crippen molar-refractivity contribution in [3.8, 4) is 0 Å². The normalized spacial score (nSPS) is 24.2. The lowest BCUT2D eigenvalue weighted by atomic mass is 10.2. The lowest BCUT2D eigenvalue weighted by molar-refractivity contribution is -0.384. The number of nitro groups is 1. The third kappa shape index (κ3) is 4.05. The van der Waals surface area contributed by atoms with Gasteiger partial charge in [-0.15, -0.1) is 11.8 Å². The molecule has 0 saturated carbocycles. The zero-order valence-electron chi connectivity index (χ0n) is 13.2. The molecule has 8 nitrogen and oxygen atoms in total. The average Bonchev–Trinajstić information content (AvgIpc) is 3.03. The molecule has 11 heteroatoms. The first-order valence-electron chi connectivity index (χ1n) is 7.45. The number of non-ortho nitro benzene ring substituents is 1. The number of β-lactam (4-membered cyclic amide) rings is 1. The molecule has 2 atom stereocenters. The van der Waals surface area contributed by atoms with E-state index in [0.29, 0.717) is 15.6 Å². The van der Waals surface area contributed by atoms with Crippen LogP contribution in [0.4, 0.5) is 5.69 Å². The highest BCUT2D eigenvalue weighted by molar-refractivity contribution is 9.09. The molecule has 2 aliphatic heterocycles. The number of aliphatic hydroxyl groups is 1. The van der Waals surface area contributed by atoms with Crippen molar-refractivity contribution in [2.45, 2.75) is 23.4 Å². The smallest absolute Gasteiger partial charge is 0.357 e. The lowest BCUT2D eigenvalue weighted by Gasteiger charge is -2.37. The van der Waals surface area contributed by atoms with Gasteiger partial charge in [0.2, 0.25) is 5.91 Å². The van der Waals surface area contributed by atoms with Crippen LogP contribution in [0.5, 0.6) is 0 Å². The van der Waals surface area contributed by atoms with Crippen molar-refractivity contribution in [1.29, 1.82) is 0 Å². The Balaban J connectivity index is 1.74. The molecule has 2 unspecified atom stereocenters. The molecular formula is C15H13BrN2O6S2. The van der Waals surface area contributed by atoms with E-state index in [0.717, 1.165) is 11.8 Å². The maximum Gasteiger partial charge on any atom is 0.357 e. The topological polar surface area (TPSA) is 110 Å². The van der Waals surface area contributed by atoms with E-state index in [1.165, 1.54) is 40.9 Å². The molecule has 3 rings (SSSR count). The van der Waals surface area contributed by atoms with E-state index in [1.807, 2.05) is 0 Å². The Labute approximate surface area is 165 Å². The van der Waals surface area contributed by atoms with Crippen molar-refractivity contribution in [3.05, 3.63) is 49.9 Å². The Morgan fingerprint density at radius 3 is 2.62 bits per heavy atom. The summed E-state index contributed by atoms with van der Waals surface area (Å²) in [7, 11) is 0. The number of carbonyl (C=O) groups is 2. The minimum Gasteiger partial charge on any atom is -0.456 e. The Morgan fingerprint density at radius 1 is 1.42 bits per heavy atom. The maximum absolute atomic E-state index is 12.6. The van der Waals surface area contributed by atoms with Gasteiger partial charge in [-0.25, -0.2) is 4.79 Å². The van der Waals surface area contributed by atoms with Crippen LogP contribution in [0.1, 0.15) is 12.0 Å². The number of esters is 1. The van der Waals surface area contributed by atoms with Crippen LogP contribution >= 0.6 is 39.5 Å². The van der Waals surface area contributed by atoms with E-state index in [9.17, 15) is 24.8 Å². The highest BCUT2D eigenvalue weighted by Crippen LogP contribution is 2.45. The van der Waals surface area contributed by atoms with Gasteiger partial charge in [-0.3, -0.25) is 19.8 Å². The van der Waals surface area contributed by atoms with Crippen molar-refractivity contribution in [2.75, 3.05) is 5.75 Å². The van der Waals surface area contributed by atoms with Crippen LogP contribution in [0.15, 0.2) is 34.2 Å². The van der Waals surface area contributed by atoms with Gasteiger partial charge in [0, 0.05) is 17.9 Å². The standard InChI is InChI=1S/C15H13BrN2O6S2/c16-10-5-11(19)17(10)13(15-25-7-12(20)26-15)14(21)24-6-8-1-3-9(4-2-8)18(22)23/h1-4,10,12,20H,5-7H2. The van der Waals surface area contributed by atoms with Crippen LogP contribution in [-0.4, -0.2) is 42.9 Å². The van der Waals surface area contributed by atoms with Crippen LogP contribution in [0.3, 0.4) is 0 Å². The zero-order valence-corrected chi connectivity index (χ0v) is 16.4. The van der Waals surface area contributed by atoms with Gasteiger partial charge in [0.05, 0.1) is 15.6 Å². The molecule has 0 bridgehead atoms. The van der Waals surface area contributed by atoms with Gasteiger partial charge >= 0.3 is 5.97 Å². The Kier molecular flexibility index (Phi) is 5.90. The van der Waals surface area contributed by atoms with Crippen LogP contribution in [-0.2, 0) is 20.9 Å². The number of alkyl halides is 1. The van der Waals surface area contributed by atoms with Crippen molar-refractivity contribution >= 4 is 57.0 Å². The fraction of sp³-hybridized carbons (Fsp3) is 0.333. The molecule has 1 amide bonds. The average molecular weight is 461 g/mol. The predicted molar refractivity (Wildman–Crippen MR) is 100 cm³/mol. The SMILES string of the molecule is O=C(OCc1ccc([N+](=O)[O-])cc1)C(=C1SCC(O)S1)N1C(=O)CC1Br. The second-order valence-electron chi connectivity index (χ2n) is 5.42. The van der Waals surface area contributed by atoms with Crippen molar-refractivity contribution < 1.29 is 24.4 Å². The number of aliphatic hydroxyl groups excluding tert-OH is 1. The first-order valence-corrected chi connectivity index (χ1v) is 10.2. The zero-order chi connectivity index (χ0) is 18.8. The number of rotatable bonds is 5. The van der Waals surface area contributed by atoms with E-state index in [2.05, 4.69) is 15.9 Å². The minimum absolute atomic E-state index is 0.0519. The number of benzene rings is 1. The number of halogens is 1. The van der Waals surface area contributed by atoms with Gasteiger partial charge < -0.3 is 9.84 Å². The van der Waals surface area contributed by atoms with Gasteiger partial charge in [-0.05, 0) is 17.7 Å². The number of likely N-dealkylation sites (tertiary alicyclic amines) is 1. The maximum atomic E-state index is 12.6. The number of thioether (sulfide) groups is 2. The number of ether oxygens (including phenoxy) is 1. The molecular weight excluding hydrogens is 448 g/mol. The molecule has 2 aliphatic rings. The third-order valence-electron chi connectivity index (χ3n) is 3.64. The largest absolute Gasteiger partial charge is 0.456 e. The quantitative estimate of drug-likeness (QED) is 0.136. The van der Waals surface area contributed by atoms with E-state index in [4.69, 9.17) is 4.74 Å². The highest BCUT2D eigenvalue weighted by atomic mass is 79.9. The first-order chi connectivity index (χ1) is 12.4. The fourth-order valence-corrected chi connectivity index (χ4v) is 5.46. The third-order valence-corrected chi connectivity index (χ3v) is 7.01. The van der Waals surface area contributed by atoms with Crippen LogP contribution in [0, 0.1) is 10.1 Å². The molecule has 2 heterocycles. The number of nitro benzene ring substituents is 1. The minimum atomic E-state index is -0.676. The van der Waals surface area contributed by atoms with Crippen molar-refractivity contribution in [3.63, 3.8) is 0 Å². The van der Waals surface area contributed by atoms with Gasteiger partial charge in [0.1, 0.15) is 17.0 Å². The predicted octanol–water partition coefficient (Wildman–Crippen LogP) is 2.56. The molecule has 26 heavy (non-hydrogen) atoms. The molecule has 1 aromatic carbocycles. The first kappa shape index (κ1) is 19.2. The number of hydrogen-bond acceptors (Lipinski definition) is 8. The molecule has 138 valence electrons. The van der Waals surface area contributed by atoms with E-state index < -0.39 is 16.3 Å². The molecule has 0 aliphatic carbocycles. The Morgan fingerprint density at radius 2 is 2.12 bits per heavy atom. The second-order valence-corrected chi connectivity index (χ2v) is 8.96. The number of nitrogens with zero attached hydrogens (tertiary/aromatic N) is 2. The van der Waals surface area contributed by atoms with E-state index >= 15 is 0 Å². The number of hydrogen-bond donors (Lipinski definition) is 1. The summed E-state index contributed by atoms with van der Waals surface area (Å²) in [6, 6.07) is 5.66. The summed E-state index contributed by atoms with van der Waals surface area (Å²) in [4.78, 5) is 35.7.